The number of anilines is 1. The number of nitrogens with one attached hydrogen (secondary N) is 1. The van der Waals surface area contributed by atoms with E-state index < -0.39 is 0 Å². The number of thioether (sulfide) groups is 1. The fourth-order valence-electron chi connectivity index (χ4n) is 2.37. The number of ether oxygens (including phenoxy) is 1. The molecule has 0 unspecified atom stereocenters. The van der Waals surface area contributed by atoms with Crippen LogP contribution < -0.4 is 10.1 Å². The van der Waals surface area contributed by atoms with Crippen molar-refractivity contribution < 1.29 is 9.53 Å². The highest BCUT2D eigenvalue weighted by Crippen LogP contribution is 2.24. The lowest BCUT2D eigenvalue weighted by atomic mass is 10.1. The number of hydrogen-bond acceptors (Lipinski definition) is 3. The van der Waals surface area contributed by atoms with Crippen LogP contribution in [0.25, 0.3) is 0 Å². The maximum atomic E-state index is 11.6. The molecule has 1 N–H and O–H groups in total. The van der Waals surface area contributed by atoms with Crippen LogP contribution in [0.5, 0.6) is 5.75 Å². The first-order chi connectivity index (χ1) is 11.0. The van der Waals surface area contributed by atoms with Gasteiger partial charge in [-0.25, -0.2) is 0 Å². The minimum Gasteiger partial charge on any atom is -0.489 e. The maximum absolute atomic E-state index is 11.6. The average molecular weight is 329 g/mol. The van der Waals surface area contributed by atoms with E-state index in [2.05, 4.69) is 31.3 Å². The van der Waals surface area contributed by atoms with Crippen LogP contribution in [0.15, 0.2) is 36.4 Å². The van der Waals surface area contributed by atoms with Gasteiger partial charge in [-0.15, -0.1) is 0 Å². The molecule has 0 radical (unpaired) electrons. The molecule has 0 heterocycles. The van der Waals surface area contributed by atoms with Gasteiger partial charge in [0.15, 0.2) is 0 Å². The highest BCUT2D eigenvalue weighted by molar-refractivity contribution is 8.13. The molecule has 0 saturated heterocycles. The monoisotopic (exact) mass is 329 g/mol. The predicted molar refractivity (Wildman–Crippen MR) is 98.6 cm³/mol. The Morgan fingerprint density at radius 1 is 1.17 bits per heavy atom. The number of carbonyl (C=O) groups is 1. The Morgan fingerprint density at radius 3 is 2.61 bits per heavy atom. The van der Waals surface area contributed by atoms with E-state index in [9.17, 15) is 4.79 Å². The fourth-order valence-corrected chi connectivity index (χ4v) is 2.59. The topological polar surface area (TPSA) is 38.3 Å². The summed E-state index contributed by atoms with van der Waals surface area (Å²) in [6.07, 6.45) is 2.78. The van der Waals surface area contributed by atoms with Crippen LogP contribution in [-0.4, -0.2) is 11.5 Å². The van der Waals surface area contributed by atoms with Crippen LogP contribution in [0.1, 0.15) is 29.2 Å². The van der Waals surface area contributed by atoms with Crippen molar-refractivity contribution in [3.05, 3.63) is 58.7 Å². The second kappa shape index (κ2) is 8.06. The zero-order valence-electron chi connectivity index (χ0n) is 14.1. The normalized spacial score (nSPS) is 10.4. The Morgan fingerprint density at radius 2 is 1.96 bits per heavy atom. The van der Waals surface area contributed by atoms with Crippen molar-refractivity contribution in [3.63, 3.8) is 0 Å². The van der Waals surface area contributed by atoms with Gasteiger partial charge < -0.3 is 10.1 Å². The minimum absolute atomic E-state index is 0.0708. The van der Waals surface area contributed by atoms with Crippen molar-refractivity contribution in [1.82, 2.24) is 0 Å². The van der Waals surface area contributed by atoms with E-state index in [4.69, 9.17) is 4.74 Å². The third kappa shape index (κ3) is 4.76. The van der Waals surface area contributed by atoms with Crippen LogP contribution in [0, 0.1) is 13.8 Å². The van der Waals surface area contributed by atoms with E-state index >= 15 is 0 Å². The van der Waals surface area contributed by atoms with E-state index in [0.717, 1.165) is 46.3 Å². The summed E-state index contributed by atoms with van der Waals surface area (Å²) >= 11 is 1.16. The Bertz CT molecular complexity index is 698. The first-order valence-corrected chi connectivity index (χ1v) is 8.92. The van der Waals surface area contributed by atoms with Gasteiger partial charge in [0.25, 0.3) is 5.24 Å². The number of benzene rings is 2. The van der Waals surface area contributed by atoms with Crippen LogP contribution in [0.4, 0.5) is 10.5 Å². The molecule has 0 atom stereocenters. The molecule has 122 valence electrons. The lowest BCUT2D eigenvalue weighted by Crippen LogP contribution is -2.08. The largest absolute Gasteiger partial charge is 0.489 e. The van der Waals surface area contributed by atoms with E-state index in [1.165, 1.54) is 5.56 Å². The van der Waals surface area contributed by atoms with Gasteiger partial charge in [0.05, 0.1) is 0 Å². The van der Waals surface area contributed by atoms with Gasteiger partial charge in [-0.3, -0.25) is 4.79 Å². The molecule has 0 aliphatic rings. The number of rotatable bonds is 5. The smallest absolute Gasteiger partial charge is 0.283 e. The van der Waals surface area contributed by atoms with Crippen LogP contribution in [0.2, 0.25) is 0 Å². The maximum Gasteiger partial charge on any atom is 0.283 e. The molecule has 0 fully saturated rings. The lowest BCUT2D eigenvalue weighted by Gasteiger charge is -2.14. The van der Waals surface area contributed by atoms with E-state index in [1.54, 1.807) is 6.26 Å². The van der Waals surface area contributed by atoms with Gasteiger partial charge in [-0.2, -0.15) is 0 Å². The summed E-state index contributed by atoms with van der Waals surface area (Å²) in [5.74, 6) is 0.880. The summed E-state index contributed by atoms with van der Waals surface area (Å²) in [5, 5.41) is 2.83. The number of hydrogen-bond donors (Lipinski definition) is 1. The van der Waals surface area contributed by atoms with Gasteiger partial charge in [-0.1, -0.05) is 48.5 Å². The van der Waals surface area contributed by atoms with Crippen LogP contribution >= 0.6 is 11.8 Å². The summed E-state index contributed by atoms with van der Waals surface area (Å²) in [7, 11) is 0. The third-order valence-electron chi connectivity index (χ3n) is 3.71. The predicted octanol–water partition coefficient (Wildman–Crippen LogP) is 5.34. The van der Waals surface area contributed by atoms with E-state index in [0.29, 0.717) is 6.61 Å². The molecular weight excluding hydrogens is 306 g/mol. The molecule has 0 aromatic heterocycles. The van der Waals surface area contributed by atoms with Gasteiger partial charge >= 0.3 is 0 Å². The first-order valence-electron chi connectivity index (χ1n) is 7.70. The molecule has 0 saturated carbocycles. The zero-order chi connectivity index (χ0) is 16.8. The van der Waals surface area contributed by atoms with Gasteiger partial charge in [0.2, 0.25) is 0 Å². The van der Waals surface area contributed by atoms with Crippen molar-refractivity contribution in [2.24, 2.45) is 0 Å². The molecule has 0 aliphatic carbocycles. The summed E-state index contributed by atoms with van der Waals surface area (Å²) < 4.78 is 5.98. The number of aryl methyl sites for hydroxylation is 3. The molecule has 4 heteroatoms. The van der Waals surface area contributed by atoms with Crippen molar-refractivity contribution in [2.45, 2.75) is 33.8 Å². The van der Waals surface area contributed by atoms with E-state index in [1.807, 2.05) is 31.2 Å². The Kier molecular flexibility index (Phi) is 6.11. The molecular formula is C19H23NO2S. The lowest BCUT2D eigenvalue weighted by molar-refractivity contribution is 0.269. The van der Waals surface area contributed by atoms with E-state index in [-0.39, 0.29) is 5.24 Å². The highest BCUT2D eigenvalue weighted by Gasteiger charge is 2.08. The summed E-state index contributed by atoms with van der Waals surface area (Å²) in [4.78, 5) is 11.6. The highest BCUT2D eigenvalue weighted by atomic mass is 32.2. The SMILES string of the molecule is CCc1ccc(OCc2cc(C)ccc2NC(=O)SC)c(C)c1. The second-order valence-corrected chi connectivity index (χ2v) is 6.30. The van der Waals surface area contributed by atoms with Crippen LogP contribution in [-0.2, 0) is 13.0 Å². The summed E-state index contributed by atoms with van der Waals surface area (Å²) in [5.41, 5.74) is 5.36. The molecule has 2 aromatic rings. The molecule has 1 amide bonds. The molecule has 3 nitrogen and oxygen atoms in total. The van der Waals surface area contributed by atoms with Gasteiger partial charge in [0, 0.05) is 11.3 Å². The molecule has 0 aliphatic heterocycles. The second-order valence-electron chi connectivity index (χ2n) is 5.52. The minimum atomic E-state index is -0.0708. The number of amides is 1. The standard InChI is InChI=1S/C19H23NO2S/c1-5-15-7-9-18(14(3)11-15)22-12-16-10-13(2)6-8-17(16)20-19(21)23-4/h6-11H,5,12H2,1-4H3,(H,20,21). The molecule has 2 aromatic carbocycles. The van der Waals surface area contributed by atoms with Crippen molar-refractivity contribution >= 4 is 22.7 Å². The quantitative estimate of drug-likeness (QED) is 0.804. The van der Waals surface area contributed by atoms with Crippen molar-refractivity contribution in [3.8, 4) is 5.75 Å². The molecule has 0 bridgehead atoms. The Labute approximate surface area is 142 Å². The fraction of sp³-hybridized carbons (Fsp3) is 0.316. The van der Waals surface area contributed by atoms with Gasteiger partial charge in [-0.05, 0) is 49.8 Å². The molecule has 2 rings (SSSR count). The molecule has 23 heavy (non-hydrogen) atoms. The van der Waals surface area contributed by atoms with Crippen molar-refractivity contribution in [1.29, 1.82) is 0 Å². The Balaban J connectivity index is 2.16. The van der Waals surface area contributed by atoms with Crippen molar-refractivity contribution in [2.75, 3.05) is 11.6 Å². The van der Waals surface area contributed by atoms with Crippen LogP contribution in [0.3, 0.4) is 0 Å². The average Bonchev–Trinajstić information content (AvgIpc) is 2.55. The zero-order valence-corrected chi connectivity index (χ0v) is 14.9. The first kappa shape index (κ1) is 17.4. The number of carbonyl (C=O) groups excluding carboxylic acids is 1. The molecule has 0 spiro atoms. The van der Waals surface area contributed by atoms with Gasteiger partial charge in [0.1, 0.15) is 12.4 Å². The Hall–Kier alpha value is -1.94. The third-order valence-corrected chi connectivity index (χ3v) is 4.19. The summed E-state index contributed by atoms with van der Waals surface area (Å²) in [6.45, 7) is 6.66. The summed E-state index contributed by atoms with van der Waals surface area (Å²) in [6, 6.07) is 12.2.